The summed E-state index contributed by atoms with van der Waals surface area (Å²) in [6, 6.07) is 4.16. The molecule has 0 bridgehead atoms. The molecule has 0 radical (unpaired) electrons. The van der Waals surface area contributed by atoms with Crippen molar-refractivity contribution in [2.75, 3.05) is 13.1 Å². The standard InChI is InChI=1S/C15H22N2O3S/c1-11(9-13-3-2-8-21-13)16-15(20)17-6-4-12(5-7-17)10-14(18)19/h2-3,8,11-12H,4-7,9-10H2,1H3,(H,16,20)(H,18,19). The Morgan fingerprint density at radius 2 is 2.19 bits per heavy atom. The molecule has 0 saturated carbocycles. The van der Waals surface area contributed by atoms with Crippen LogP contribution in [0.25, 0.3) is 0 Å². The first kappa shape index (κ1) is 15.8. The van der Waals surface area contributed by atoms with Gasteiger partial charge < -0.3 is 15.3 Å². The van der Waals surface area contributed by atoms with Crippen molar-refractivity contribution in [2.45, 2.75) is 38.6 Å². The quantitative estimate of drug-likeness (QED) is 0.878. The lowest BCUT2D eigenvalue weighted by Crippen LogP contribution is -2.47. The van der Waals surface area contributed by atoms with E-state index in [1.165, 1.54) is 4.88 Å². The Balaban J connectivity index is 1.73. The van der Waals surface area contributed by atoms with E-state index in [4.69, 9.17) is 5.11 Å². The topological polar surface area (TPSA) is 69.6 Å². The maximum absolute atomic E-state index is 12.2. The van der Waals surface area contributed by atoms with E-state index < -0.39 is 5.97 Å². The van der Waals surface area contributed by atoms with E-state index in [9.17, 15) is 9.59 Å². The maximum atomic E-state index is 12.2. The number of nitrogens with zero attached hydrogens (tertiary/aromatic N) is 1. The smallest absolute Gasteiger partial charge is 0.317 e. The predicted octanol–water partition coefficient (Wildman–Crippen LogP) is 2.58. The molecule has 21 heavy (non-hydrogen) atoms. The number of aliphatic carboxylic acids is 1. The third-order valence-electron chi connectivity index (χ3n) is 3.82. The number of nitrogens with one attached hydrogen (secondary N) is 1. The zero-order valence-corrected chi connectivity index (χ0v) is 13.1. The van der Waals surface area contributed by atoms with Crippen molar-refractivity contribution in [3.63, 3.8) is 0 Å². The van der Waals surface area contributed by atoms with Gasteiger partial charge in [-0.15, -0.1) is 11.3 Å². The molecule has 5 nitrogen and oxygen atoms in total. The molecule has 1 saturated heterocycles. The molecule has 2 heterocycles. The zero-order chi connectivity index (χ0) is 15.2. The third kappa shape index (κ3) is 5.04. The number of piperidine rings is 1. The van der Waals surface area contributed by atoms with E-state index in [1.807, 2.05) is 18.4 Å². The average molecular weight is 310 g/mol. The van der Waals surface area contributed by atoms with Gasteiger partial charge in [0.05, 0.1) is 0 Å². The fraction of sp³-hybridized carbons (Fsp3) is 0.600. The van der Waals surface area contributed by atoms with Crippen molar-refractivity contribution in [1.82, 2.24) is 10.2 Å². The number of hydrogen-bond acceptors (Lipinski definition) is 3. The molecule has 1 aliphatic rings. The van der Waals surface area contributed by atoms with Gasteiger partial charge in [0.2, 0.25) is 0 Å². The molecule has 0 spiro atoms. The largest absolute Gasteiger partial charge is 0.481 e. The average Bonchev–Trinajstić information content (AvgIpc) is 2.91. The van der Waals surface area contributed by atoms with E-state index in [2.05, 4.69) is 11.4 Å². The van der Waals surface area contributed by atoms with E-state index in [1.54, 1.807) is 16.2 Å². The highest BCUT2D eigenvalue weighted by molar-refractivity contribution is 7.09. The highest BCUT2D eigenvalue weighted by Gasteiger charge is 2.24. The Morgan fingerprint density at radius 3 is 2.76 bits per heavy atom. The first-order valence-corrected chi connectivity index (χ1v) is 8.22. The van der Waals surface area contributed by atoms with Crippen LogP contribution in [-0.4, -0.2) is 41.1 Å². The van der Waals surface area contributed by atoms with Crippen LogP contribution in [0.1, 0.15) is 31.1 Å². The molecule has 1 atom stereocenters. The first-order chi connectivity index (χ1) is 10.0. The molecule has 0 aromatic carbocycles. The second-order valence-electron chi connectivity index (χ2n) is 5.66. The molecule has 2 rings (SSSR count). The number of hydrogen-bond donors (Lipinski definition) is 2. The van der Waals surface area contributed by atoms with Gasteiger partial charge in [-0.3, -0.25) is 4.79 Å². The van der Waals surface area contributed by atoms with Crippen molar-refractivity contribution in [3.8, 4) is 0 Å². The van der Waals surface area contributed by atoms with Gasteiger partial charge in [0, 0.05) is 36.9 Å². The van der Waals surface area contributed by atoms with Crippen LogP contribution in [0.3, 0.4) is 0 Å². The minimum atomic E-state index is -0.748. The zero-order valence-electron chi connectivity index (χ0n) is 12.2. The number of urea groups is 1. The van der Waals surface area contributed by atoms with Crippen LogP contribution in [0.5, 0.6) is 0 Å². The molecule has 2 N–H and O–H groups in total. The lowest BCUT2D eigenvalue weighted by molar-refractivity contribution is -0.138. The van der Waals surface area contributed by atoms with Crippen molar-refractivity contribution < 1.29 is 14.7 Å². The number of rotatable bonds is 5. The fourth-order valence-electron chi connectivity index (χ4n) is 2.67. The van der Waals surface area contributed by atoms with Crippen LogP contribution < -0.4 is 5.32 Å². The fourth-order valence-corrected chi connectivity index (χ4v) is 3.51. The second-order valence-corrected chi connectivity index (χ2v) is 6.69. The van der Waals surface area contributed by atoms with E-state index in [0.29, 0.717) is 13.1 Å². The SMILES string of the molecule is CC(Cc1cccs1)NC(=O)N1CCC(CC(=O)O)CC1. The highest BCUT2D eigenvalue weighted by Crippen LogP contribution is 2.20. The van der Waals surface area contributed by atoms with Crippen LogP contribution in [0.15, 0.2) is 17.5 Å². The minimum absolute atomic E-state index is 0.0344. The van der Waals surface area contributed by atoms with Crippen molar-refractivity contribution >= 4 is 23.3 Å². The van der Waals surface area contributed by atoms with Gasteiger partial charge in [-0.2, -0.15) is 0 Å². The Kier molecular flexibility index (Phi) is 5.61. The summed E-state index contributed by atoms with van der Waals surface area (Å²) in [6.07, 6.45) is 2.61. The van der Waals surface area contributed by atoms with Gasteiger partial charge in [0.15, 0.2) is 0 Å². The number of amides is 2. The minimum Gasteiger partial charge on any atom is -0.481 e. The summed E-state index contributed by atoms with van der Waals surface area (Å²) >= 11 is 1.70. The molecule has 0 aliphatic carbocycles. The van der Waals surface area contributed by atoms with Gasteiger partial charge >= 0.3 is 12.0 Å². The lowest BCUT2D eigenvalue weighted by Gasteiger charge is -2.32. The van der Waals surface area contributed by atoms with E-state index in [0.717, 1.165) is 19.3 Å². The van der Waals surface area contributed by atoms with Crippen molar-refractivity contribution in [1.29, 1.82) is 0 Å². The molecule has 1 aromatic heterocycles. The predicted molar refractivity (Wildman–Crippen MR) is 82.6 cm³/mol. The first-order valence-electron chi connectivity index (χ1n) is 7.34. The number of carbonyl (C=O) groups is 2. The van der Waals surface area contributed by atoms with E-state index in [-0.39, 0.29) is 24.4 Å². The summed E-state index contributed by atoms with van der Waals surface area (Å²) < 4.78 is 0. The summed E-state index contributed by atoms with van der Waals surface area (Å²) in [5, 5.41) is 13.8. The van der Waals surface area contributed by atoms with Gasteiger partial charge in [-0.25, -0.2) is 4.79 Å². The number of carboxylic acid groups (broad SMARTS) is 1. The molecular weight excluding hydrogens is 288 g/mol. The lowest BCUT2D eigenvalue weighted by atomic mass is 9.94. The molecule has 116 valence electrons. The molecule has 1 fully saturated rings. The second kappa shape index (κ2) is 7.45. The summed E-state index contributed by atoms with van der Waals surface area (Å²) in [7, 11) is 0. The van der Waals surface area contributed by atoms with Gasteiger partial charge in [0.1, 0.15) is 0 Å². The Labute approximate surface area is 129 Å². The highest BCUT2D eigenvalue weighted by atomic mass is 32.1. The monoisotopic (exact) mass is 310 g/mol. The molecule has 1 aromatic rings. The van der Waals surface area contributed by atoms with Gasteiger partial charge in [-0.1, -0.05) is 6.07 Å². The summed E-state index contributed by atoms with van der Waals surface area (Å²) in [5.74, 6) is -0.544. The Morgan fingerprint density at radius 1 is 1.48 bits per heavy atom. The summed E-state index contributed by atoms with van der Waals surface area (Å²) in [4.78, 5) is 25.9. The van der Waals surface area contributed by atoms with Crippen LogP contribution in [-0.2, 0) is 11.2 Å². The van der Waals surface area contributed by atoms with Crippen LogP contribution in [0, 0.1) is 5.92 Å². The van der Waals surface area contributed by atoms with Crippen molar-refractivity contribution in [2.24, 2.45) is 5.92 Å². The number of carbonyl (C=O) groups excluding carboxylic acids is 1. The number of thiophene rings is 1. The van der Waals surface area contributed by atoms with Crippen molar-refractivity contribution in [3.05, 3.63) is 22.4 Å². The molecular formula is C15H22N2O3S. The van der Waals surface area contributed by atoms with E-state index >= 15 is 0 Å². The number of likely N-dealkylation sites (tertiary alicyclic amines) is 1. The molecule has 2 amide bonds. The van der Waals surface area contributed by atoms with Crippen LogP contribution >= 0.6 is 11.3 Å². The third-order valence-corrected chi connectivity index (χ3v) is 4.72. The number of carboxylic acids is 1. The van der Waals surface area contributed by atoms with Crippen LogP contribution in [0.4, 0.5) is 4.79 Å². The summed E-state index contributed by atoms with van der Waals surface area (Å²) in [6.45, 7) is 3.31. The van der Waals surface area contributed by atoms with Gasteiger partial charge in [0.25, 0.3) is 0 Å². The normalized spacial score (nSPS) is 17.5. The molecule has 1 unspecified atom stereocenters. The molecule has 6 heteroatoms. The Hall–Kier alpha value is -1.56. The maximum Gasteiger partial charge on any atom is 0.317 e. The summed E-state index contributed by atoms with van der Waals surface area (Å²) in [5.41, 5.74) is 0. The molecule has 1 aliphatic heterocycles. The Bertz CT molecular complexity index is 467. The van der Waals surface area contributed by atoms with Crippen LogP contribution in [0.2, 0.25) is 0 Å². The van der Waals surface area contributed by atoms with Gasteiger partial charge in [-0.05, 0) is 37.1 Å².